The molecule has 0 bridgehead atoms. The molecule has 0 aromatic carbocycles. The summed E-state index contributed by atoms with van der Waals surface area (Å²) in [5.74, 6) is -0.174. The van der Waals surface area contributed by atoms with Gasteiger partial charge >= 0.3 is 7.00 Å². The predicted molar refractivity (Wildman–Crippen MR) is 190 cm³/mol. The first-order valence-corrected chi connectivity index (χ1v) is 18.6. The van der Waals surface area contributed by atoms with E-state index in [9.17, 15) is 28.3 Å². The van der Waals surface area contributed by atoms with E-state index in [-0.39, 0.29) is 12.0 Å². The second-order valence-electron chi connectivity index (χ2n) is 12.3. The van der Waals surface area contributed by atoms with E-state index in [1.807, 2.05) is 25.4 Å². The second kappa shape index (κ2) is 16.6. The van der Waals surface area contributed by atoms with Crippen molar-refractivity contribution in [2.75, 3.05) is 33.0 Å². The van der Waals surface area contributed by atoms with Crippen LogP contribution >= 0.6 is 19.0 Å². The number of carbonyl (C=O) groups excluding carboxylic acids is 2. The highest BCUT2D eigenvalue weighted by molar-refractivity contribution is 8.07. The Labute approximate surface area is 290 Å². The van der Waals surface area contributed by atoms with Crippen LogP contribution in [0.5, 0.6) is 0 Å². The van der Waals surface area contributed by atoms with Crippen molar-refractivity contribution in [2.24, 2.45) is 22.7 Å². The molecule has 18 heteroatoms. The number of halogens is 1. The molecule has 265 valence electrons. The number of thioether (sulfide) groups is 1. The van der Waals surface area contributed by atoms with Crippen LogP contribution in [0.3, 0.4) is 0 Å². The zero-order valence-electron chi connectivity index (χ0n) is 27.7. The maximum atomic E-state index is 14.1. The highest BCUT2D eigenvalue weighted by Gasteiger charge is 2.70. The summed E-state index contributed by atoms with van der Waals surface area (Å²) in [6, 6.07) is 3.56. The number of pyridine rings is 1. The SMILES string of the molecule is CNC(N)(CCCCCC=O)CCCN(N=O)N1C=C(c2cccnc2N)C1COC.NC(=O)C1=CC2CC(C3(F)[B]P3(=O)O)=CC=C2S1. The van der Waals surface area contributed by atoms with Gasteiger partial charge in [-0.3, -0.25) is 9.80 Å². The van der Waals surface area contributed by atoms with Crippen molar-refractivity contribution in [3.05, 3.63) is 68.6 Å². The van der Waals surface area contributed by atoms with Gasteiger partial charge in [0.2, 0.25) is 0 Å². The zero-order valence-corrected chi connectivity index (χ0v) is 29.4. The van der Waals surface area contributed by atoms with Gasteiger partial charge in [-0.25, -0.2) is 9.37 Å². The number of methoxy groups -OCH3 is 1. The molecular weight excluding hydrogens is 673 g/mol. The van der Waals surface area contributed by atoms with Crippen LogP contribution in [0.4, 0.5) is 10.2 Å². The lowest BCUT2D eigenvalue weighted by atomic mass is 9.84. The maximum absolute atomic E-state index is 14.1. The van der Waals surface area contributed by atoms with E-state index < -0.39 is 24.1 Å². The van der Waals surface area contributed by atoms with Crippen LogP contribution < -0.4 is 22.5 Å². The molecule has 1 aromatic heterocycles. The first-order chi connectivity index (χ1) is 23.3. The number of nitrogens with zero attached hydrogens (tertiary/aromatic N) is 4. The molecule has 1 radical (unpaired) electrons. The number of nitrogens with two attached hydrogens (primary N) is 3. The summed E-state index contributed by atoms with van der Waals surface area (Å²) in [5.41, 5.74) is 19.2. The fraction of sp³-hybridized carbons (Fsp3) is 0.516. The van der Waals surface area contributed by atoms with Gasteiger partial charge in [-0.1, -0.05) is 42.8 Å². The van der Waals surface area contributed by atoms with Gasteiger partial charge in [0, 0.05) is 43.0 Å². The summed E-state index contributed by atoms with van der Waals surface area (Å²) in [7, 11) is -0.297. The molecule has 1 aliphatic carbocycles. The minimum Gasteiger partial charge on any atom is -0.383 e. The molecule has 5 rings (SSSR count). The topological polar surface area (TPSA) is 220 Å². The fourth-order valence-electron chi connectivity index (χ4n) is 5.99. The summed E-state index contributed by atoms with van der Waals surface area (Å²) in [4.78, 5) is 47.8. The Morgan fingerprint density at radius 1 is 1.37 bits per heavy atom. The van der Waals surface area contributed by atoms with Crippen molar-refractivity contribution in [3.63, 3.8) is 0 Å². The molecule has 5 atom stereocenters. The normalized spacial score (nSPS) is 26.2. The number of alkyl halides is 1. The number of aldehydes is 1. The van der Waals surface area contributed by atoms with E-state index >= 15 is 0 Å². The third kappa shape index (κ3) is 9.07. The molecule has 1 amide bonds. The number of nitroso groups, excluding NO2 is 1. The number of ether oxygens (including phenoxy) is 1. The van der Waals surface area contributed by atoms with Gasteiger partial charge in [-0.2, -0.15) is 5.12 Å². The van der Waals surface area contributed by atoms with Gasteiger partial charge < -0.3 is 41.5 Å². The van der Waals surface area contributed by atoms with Crippen LogP contribution in [0.15, 0.2) is 63.4 Å². The number of hydrogen-bond acceptors (Lipinski definition) is 12. The summed E-state index contributed by atoms with van der Waals surface area (Å²) >= 11 is 1.27. The Morgan fingerprint density at radius 3 is 2.71 bits per heavy atom. The number of unbranched alkanes of at least 4 members (excludes halogenated alkanes) is 3. The number of nitrogens with one attached hydrogen (secondary N) is 1. The summed E-state index contributed by atoms with van der Waals surface area (Å²) in [6.07, 6.45) is 15.2. The van der Waals surface area contributed by atoms with E-state index in [2.05, 4.69) is 15.6 Å². The van der Waals surface area contributed by atoms with Crippen molar-refractivity contribution in [3.8, 4) is 0 Å². The average molecular weight is 718 g/mol. The predicted octanol–water partition coefficient (Wildman–Crippen LogP) is 3.50. The molecule has 5 unspecified atom stereocenters. The standard InChI is InChI=1S/C21H35N7O3.C10H9BFNO3PS/c1-24-21(23,10-5-3-4-6-14-29)11-8-13-28(26-30)27-15-18(19(27)16-31-2)17-9-7-12-25-20(17)22;12-10(11-17(10,15)16)6-1-2-7-5(3-6)4-8(18-7)9(13)14/h7,9,12,14-15,19,24H,3-6,8,10-11,13,16,23H2,1-2H3,(H2,22,25);1-2,4-5H,3H2,(H2,13,14)(H,15,16). The largest absolute Gasteiger partial charge is 0.383 e. The number of aromatic nitrogens is 1. The highest BCUT2D eigenvalue weighted by atomic mass is 32.2. The van der Waals surface area contributed by atoms with E-state index in [0.29, 0.717) is 55.1 Å². The van der Waals surface area contributed by atoms with Crippen molar-refractivity contribution >= 4 is 49.6 Å². The monoisotopic (exact) mass is 717 g/mol. The lowest BCUT2D eigenvalue weighted by molar-refractivity contribution is -0.114. The quantitative estimate of drug-likeness (QED) is 0.0280. The number of primary amides is 1. The van der Waals surface area contributed by atoms with E-state index in [1.165, 1.54) is 23.0 Å². The summed E-state index contributed by atoms with van der Waals surface area (Å²) in [5, 5.41) is 7.41. The molecule has 1 aromatic rings. The number of fused-ring (bicyclic) bond motifs is 1. The number of carbonyl (C=O) groups is 2. The third-order valence-electron chi connectivity index (χ3n) is 8.98. The Balaban J connectivity index is 0.000000252. The Hall–Kier alpha value is -3.34. The number of allylic oxidation sites excluding steroid dienone is 5. The highest BCUT2D eigenvalue weighted by Crippen LogP contribution is 2.75. The van der Waals surface area contributed by atoms with Crippen molar-refractivity contribution in [2.45, 2.75) is 68.4 Å². The Morgan fingerprint density at radius 2 is 2.10 bits per heavy atom. The van der Waals surface area contributed by atoms with Crippen molar-refractivity contribution < 1.29 is 28.2 Å². The molecule has 0 spiro atoms. The van der Waals surface area contributed by atoms with Crippen LogP contribution in [-0.2, 0) is 18.9 Å². The first-order valence-electron chi connectivity index (χ1n) is 16.0. The molecular formula is C31H44BFN8O6PS. The molecule has 1 fully saturated rings. The fourth-order valence-corrected chi connectivity index (χ4v) is 8.46. The number of rotatable bonds is 18. The van der Waals surface area contributed by atoms with Crippen LogP contribution in [0.25, 0.3) is 5.57 Å². The van der Waals surface area contributed by atoms with Gasteiger partial charge in [0.25, 0.3) is 5.91 Å². The molecule has 4 heterocycles. The smallest absolute Gasteiger partial charge is 0.303 e. The number of hydrogen-bond donors (Lipinski definition) is 5. The number of anilines is 1. The van der Waals surface area contributed by atoms with Gasteiger partial charge in [-0.15, -0.1) is 4.91 Å². The molecule has 8 N–H and O–H groups in total. The lowest BCUT2D eigenvalue weighted by Crippen LogP contribution is -2.53. The van der Waals surface area contributed by atoms with Crippen LogP contribution in [0.2, 0.25) is 0 Å². The summed E-state index contributed by atoms with van der Waals surface area (Å²) in [6.45, 7) is 1.68. The van der Waals surface area contributed by atoms with E-state index in [4.69, 9.17) is 21.9 Å². The second-order valence-corrected chi connectivity index (χ2v) is 15.6. The van der Waals surface area contributed by atoms with Crippen LogP contribution in [0.1, 0.15) is 56.9 Å². The molecule has 3 aliphatic heterocycles. The van der Waals surface area contributed by atoms with E-state index in [1.54, 1.807) is 30.5 Å². The van der Waals surface area contributed by atoms with Crippen molar-refractivity contribution in [1.82, 2.24) is 20.4 Å². The van der Waals surface area contributed by atoms with Gasteiger partial charge in [0.1, 0.15) is 18.1 Å². The molecule has 0 saturated carbocycles. The maximum Gasteiger partial charge on any atom is 0.303 e. The first kappa shape index (κ1) is 38.5. The Kier molecular flexibility index (Phi) is 13.0. The average Bonchev–Trinajstić information content (AvgIpc) is 3.37. The Bertz CT molecular complexity index is 1580. The van der Waals surface area contributed by atoms with Crippen LogP contribution in [-0.4, -0.2) is 83.5 Å². The van der Waals surface area contributed by atoms with Gasteiger partial charge in [0.15, 0.2) is 12.6 Å². The van der Waals surface area contributed by atoms with Crippen molar-refractivity contribution in [1.29, 1.82) is 0 Å². The molecule has 14 nitrogen and oxygen atoms in total. The third-order valence-corrected chi connectivity index (χ3v) is 12.0. The summed E-state index contributed by atoms with van der Waals surface area (Å²) < 4.78 is 30.7. The minimum atomic E-state index is -3.76. The lowest BCUT2D eigenvalue weighted by Gasteiger charge is -2.44. The van der Waals surface area contributed by atoms with E-state index in [0.717, 1.165) is 55.0 Å². The van der Waals surface area contributed by atoms with Crippen LogP contribution in [0, 0.1) is 10.8 Å². The number of hydrazine groups is 1. The van der Waals surface area contributed by atoms with Gasteiger partial charge in [-0.05, 0) is 61.8 Å². The van der Waals surface area contributed by atoms with Gasteiger partial charge in [0.05, 0.1) is 29.0 Å². The minimum absolute atomic E-state index is 0.112. The molecule has 1 saturated heterocycles. The number of amides is 1. The number of nitrogen functional groups attached to an aromatic ring is 1. The zero-order chi connectivity index (χ0) is 35.8. The molecule has 49 heavy (non-hydrogen) atoms. The molecule has 4 aliphatic rings.